The topological polar surface area (TPSA) is 65.7 Å². The number of aromatic nitrogens is 1. The van der Waals surface area contributed by atoms with Crippen LogP contribution in [0.4, 0.5) is 5.82 Å². The zero-order chi connectivity index (χ0) is 11.4. The predicted molar refractivity (Wildman–Crippen MR) is 61.3 cm³/mol. The van der Waals surface area contributed by atoms with Gasteiger partial charge in [-0.2, -0.15) is 0 Å². The highest BCUT2D eigenvalue weighted by Gasteiger charge is 1.99. The molecule has 4 heteroatoms. The summed E-state index contributed by atoms with van der Waals surface area (Å²) in [5.74, 6) is 0.376. The molecule has 0 aliphatic rings. The molecule has 2 rings (SSSR count). The van der Waals surface area contributed by atoms with E-state index in [0.717, 1.165) is 0 Å². The molecule has 0 saturated carbocycles. The van der Waals surface area contributed by atoms with Crippen LogP contribution in [0.25, 0.3) is 0 Å². The molecule has 1 heterocycles. The average molecular weight is 214 g/mol. The summed E-state index contributed by atoms with van der Waals surface area (Å²) in [6.07, 6.45) is 2.99. The maximum absolute atomic E-state index is 9.48. The SMILES string of the molecule is Oc1ccccc1/C=N/c1ncccc1O. The number of hydrogen-bond donors (Lipinski definition) is 2. The van der Waals surface area contributed by atoms with Crippen molar-refractivity contribution in [2.24, 2.45) is 4.99 Å². The first kappa shape index (κ1) is 10.2. The van der Waals surface area contributed by atoms with E-state index in [1.54, 1.807) is 30.3 Å². The van der Waals surface area contributed by atoms with Gasteiger partial charge in [-0.25, -0.2) is 9.98 Å². The number of benzene rings is 1. The van der Waals surface area contributed by atoms with Crippen LogP contribution < -0.4 is 0 Å². The Kier molecular flexibility index (Phi) is 2.82. The Morgan fingerprint density at radius 1 is 1.00 bits per heavy atom. The number of para-hydroxylation sites is 1. The van der Waals surface area contributed by atoms with Crippen molar-refractivity contribution in [3.05, 3.63) is 48.2 Å². The van der Waals surface area contributed by atoms with Crippen molar-refractivity contribution < 1.29 is 10.2 Å². The second-order valence-electron chi connectivity index (χ2n) is 3.16. The number of aliphatic imine (C=N–C) groups is 1. The number of aromatic hydroxyl groups is 2. The van der Waals surface area contributed by atoms with Gasteiger partial charge < -0.3 is 10.2 Å². The molecular formula is C12H10N2O2. The van der Waals surface area contributed by atoms with Gasteiger partial charge in [0.2, 0.25) is 0 Å². The summed E-state index contributed by atoms with van der Waals surface area (Å²) in [4.78, 5) is 7.88. The molecule has 0 bridgehead atoms. The van der Waals surface area contributed by atoms with Crippen LogP contribution in [0.15, 0.2) is 47.6 Å². The molecule has 2 N–H and O–H groups in total. The highest BCUT2D eigenvalue weighted by atomic mass is 16.3. The van der Waals surface area contributed by atoms with E-state index in [1.165, 1.54) is 18.5 Å². The van der Waals surface area contributed by atoms with E-state index in [-0.39, 0.29) is 17.3 Å². The van der Waals surface area contributed by atoms with Crippen molar-refractivity contribution in [3.8, 4) is 11.5 Å². The molecule has 0 radical (unpaired) electrons. The van der Waals surface area contributed by atoms with Gasteiger partial charge in [0, 0.05) is 18.0 Å². The summed E-state index contributed by atoms with van der Waals surface area (Å²) in [5.41, 5.74) is 0.576. The number of nitrogens with zero attached hydrogens (tertiary/aromatic N) is 2. The van der Waals surface area contributed by atoms with Crippen molar-refractivity contribution in [2.75, 3.05) is 0 Å². The van der Waals surface area contributed by atoms with E-state index in [0.29, 0.717) is 5.56 Å². The Morgan fingerprint density at radius 2 is 1.75 bits per heavy atom. The summed E-state index contributed by atoms with van der Waals surface area (Å²) < 4.78 is 0. The first-order chi connectivity index (χ1) is 7.77. The molecule has 1 aromatic heterocycles. The maximum Gasteiger partial charge on any atom is 0.194 e. The minimum absolute atomic E-state index is 0.00849. The summed E-state index contributed by atoms with van der Waals surface area (Å²) >= 11 is 0. The Balaban J connectivity index is 2.29. The number of phenols is 1. The molecule has 0 unspecified atom stereocenters. The molecule has 0 saturated heterocycles. The number of phenolic OH excluding ortho intramolecular Hbond substituents is 1. The van der Waals surface area contributed by atoms with Crippen LogP contribution in [0.3, 0.4) is 0 Å². The molecule has 1 aromatic carbocycles. The maximum atomic E-state index is 9.48. The van der Waals surface area contributed by atoms with Gasteiger partial charge in [0.1, 0.15) is 5.75 Å². The van der Waals surface area contributed by atoms with Crippen molar-refractivity contribution in [1.29, 1.82) is 0 Å². The molecule has 0 amide bonds. The van der Waals surface area contributed by atoms with E-state index in [4.69, 9.17) is 0 Å². The Morgan fingerprint density at radius 3 is 2.50 bits per heavy atom. The van der Waals surface area contributed by atoms with Crippen molar-refractivity contribution in [1.82, 2.24) is 4.98 Å². The molecule has 0 fully saturated rings. The second-order valence-corrected chi connectivity index (χ2v) is 3.16. The lowest BCUT2D eigenvalue weighted by Crippen LogP contribution is -1.82. The smallest absolute Gasteiger partial charge is 0.194 e. The minimum Gasteiger partial charge on any atom is -0.507 e. The zero-order valence-electron chi connectivity index (χ0n) is 8.41. The monoisotopic (exact) mass is 214 g/mol. The fourth-order valence-electron chi connectivity index (χ4n) is 1.22. The Labute approximate surface area is 92.6 Å². The molecule has 0 aliphatic carbocycles. The first-order valence-corrected chi connectivity index (χ1v) is 4.73. The fourth-order valence-corrected chi connectivity index (χ4v) is 1.22. The van der Waals surface area contributed by atoms with Gasteiger partial charge in [-0.05, 0) is 24.3 Å². The quantitative estimate of drug-likeness (QED) is 0.753. The molecule has 2 aromatic rings. The number of pyridine rings is 1. The van der Waals surface area contributed by atoms with E-state index in [2.05, 4.69) is 9.98 Å². The highest BCUT2D eigenvalue weighted by molar-refractivity contribution is 5.85. The third-order valence-electron chi connectivity index (χ3n) is 2.03. The highest BCUT2D eigenvalue weighted by Crippen LogP contribution is 2.22. The van der Waals surface area contributed by atoms with E-state index < -0.39 is 0 Å². The van der Waals surface area contributed by atoms with Crippen LogP contribution in [0.2, 0.25) is 0 Å². The zero-order valence-corrected chi connectivity index (χ0v) is 8.41. The second kappa shape index (κ2) is 4.44. The van der Waals surface area contributed by atoms with Crippen LogP contribution in [0.5, 0.6) is 11.5 Å². The third kappa shape index (κ3) is 2.17. The first-order valence-electron chi connectivity index (χ1n) is 4.73. The third-order valence-corrected chi connectivity index (χ3v) is 2.03. The van der Waals surface area contributed by atoms with Gasteiger partial charge >= 0.3 is 0 Å². The molecular weight excluding hydrogens is 204 g/mol. The standard InChI is InChI=1S/C12H10N2O2/c15-10-5-2-1-4-9(10)8-14-12-11(16)6-3-7-13-12/h1-8,15-16H/b14-8+. The summed E-state index contributed by atoms with van der Waals surface area (Å²) in [6.45, 7) is 0. The number of rotatable bonds is 2. The van der Waals surface area contributed by atoms with Gasteiger partial charge in [-0.3, -0.25) is 0 Å². The van der Waals surface area contributed by atoms with Crippen LogP contribution in [-0.4, -0.2) is 21.4 Å². The van der Waals surface area contributed by atoms with Crippen molar-refractivity contribution in [3.63, 3.8) is 0 Å². The van der Waals surface area contributed by atoms with Crippen LogP contribution in [0, 0.1) is 0 Å². The van der Waals surface area contributed by atoms with E-state index >= 15 is 0 Å². The van der Waals surface area contributed by atoms with Crippen LogP contribution >= 0.6 is 0 Å². The van der Waals surface area contributed by atoms with Gasteiger partial charge in [-0.1, -0.05) is 12.1 Å². The largest absolute Gasteiger partial charge is 0.507 e. The molecule has 0 aliphatic heterocycles. The van der Waals surface area contributed by atoms with Crippen LogP contribution in [0.1, 0.15) is 5.56 Å². The number of hydrogen-bond acceptors (Lipinski definition) is 4. The molecule has 80 valence electrons. The lowest BCUT2D eigenvalue weighted by molar-refractivity contribution is 0.473. The summed E-state index contributed by atoms with van der Waals surface area (Å²) in [5, 5.41) is 18.9. The summed E-state index contributed by atoms with van der Waals surface area (Å²) in [6, 6.07) is 9.93. The molecule has 0 atom stereocenters. The molecule has 4 nitrogen and oxygen atoms in total. The van der Waals surface area contributed by atoms with Crippen LogP contribution in [-0.2, 0) is 0 Å². The summed E-state index contributed by atoms with van der Waals surface area (Å²) in [7, 11) is 0. The van der Waals surface area contributed by atoms with Gasteiger partial charge in [0.15, 0.2) is 11.6 Å². The van der Waals surface area contributed by atoms with Crippen molar-refractivity contribution >= 4 is 12.0 Å². The lowest BCUT2D eigenvalue weighted by Gasteiger charge is -1.98. The predicted octanol–water partition coefficient (Wildman–Crippen LogP) is 2.24. The molecule has 0 spiro atoms. The minimum atomic E-state index is 0.00849. The Bertz CT molecular complexity index is 476. The van der Waals surface area contributed by atoms with Gasteiger partial charge in [0.25, 0.3) is 0 Å². The van der Waals surface area contributed by atoms with Gasteiger partial charge in [0.05, 0.1) is 0 Å². The Hall–Kier alpha value is -2.36. The van der Waals surface area contributed by atoms with Crippen molar-refractivity contribution in [2.45, 2.75) is 0 Å². The van der Waals surface area contributed by atoms with E-state index in [9.17, 15) is 10.2 Å². The normalized spacial score (nSPS) is 10.8. The van der Waals surface area contributed by atoms with E-state index in [1.807, 2.05) is 0 Å². The van der Waals surface area contributed by atoms with Gasteiger partial charge in [-0.15, -0.1) is 0 Å². The molecule has 16 heavy (non-hydrogen) atoms. The lowest BCUT2D eigenvalue weighted by atomic mass is 10.2. The fraction of sp³-hybridized carbons (Fsp3) is 0. The average Bonchev–Trinajstić information content (AvgIpc) is 2.30.